The molecule has 1 nitrogen and oxygen atoms in total. The van der Waals surface area contributed by atoms with Crippen molar-refractivity contribution in [3.8, 4) is 0 Å². The van der Waals surface area contributed by atoms with Crippen LogP contribution in [0.2, 0.25) is 0 Å². The van der Waals surface area contributed by atoms with E-state index in [2.05, 4.69) is 33.0 Å². The normalized spacial score (nSPS) is 13.5. The molecular weight excluding hydrogens is 237 g/mol. The Morgan fingerprint density at radius 3 is 2.53 bits per heavy atom. The van der Waals surface area contributed by atoms with Crippen molar-refractivity contribution in [2.75, 3.05) is 6.54 Å². The van der Waals surface area contributed by atoms with E-state index in [4.69, 9.17) is 0 Å². The van der Waals surface area contributed by atoms with E-state index in [1.165, 1.54) is 25.3 Å². The van der Waals surface area contributed by atoms with Gasteiger partial charge < -0.3 is 5.32 Å². The zero-order valence-electron chi connectivity index (χ0n) is 12.8. The van der Waals surface area contributed by atoms with Gasteiger partial charge in [-0.2, -0.15) is 0 Å². The average molecular weight is 265 g/mol. The van der Waals surface area contributed by atoms with Crippen molar-refractivity contribution in [2.24, 2.45) is 0 Å². The highest BCUT2D eigenvalue weighted by Gasteiger charge is 2.16. The summed E-state index contributed by atoms with van der Waals surface area (Å²) in [6, 6.07) is 7.06. The van der Waals surface area contributed by atoms with E-state index < -0.39 is 0 Å². The molecule has 0 heterocycles. The van der Waals surface area contributed by atoms with Crippen LogP contribution in [-0.4, -0.2) is 12.1 Å². The second-order valence-corrected chi connectivity index (χ2v) is 6.38. The predicted molar refractivity (Wildman–Crippen MR) is 81.0 cm³/mol. The molecule has 0 aliphatic heterocycles. The second kappa shape index (κ2) is 7.64. The predicted octanol–water partition coefficient (Wildman–Crippen LogP) is 4.88. The van der Waals surface area contributed by atoms with Crippen LogP contribution in [0.1, 0.15) is 64.9 Å². The van der Waals surface area contributed by atoms with Gasteiger partial charge in [0.1, 0.15) is 5.82 Å². The van der Waals surface area contributed by atoms with Crippen molar-refractivity contribution in [3.63, 3.8) is 0 Å². The zero-order valence-corrected chi connectivity index (χ0v) is 12.8. The number of hydrogen-bond acceptors (Lipinski definition) is 1. The van der Waals surface area contributed by atoms with Gasteiger partial charge in [0, 0.05) is 12.1 Å². The van der Waals surface area contributed by atoms with E-state index in [-0.39, 0.29) is 11.4 Å². The van der Waals surface area contributed by atoms with Crippen LogP contribution in [0.15, 0.2) is 24.3 Å². The maximum Gasteiger partial charge on any atom is 0.123 e. The minimum absolute atomic E-state index is 0.107. The monoisotopic (exact) mass is 265 g/mol. The van der Waals surface area contributed by atoms with Gasteiger partial charge in [-0.05, 0) is 50.8 Å². The van der Waals surface area contributed by atoms with Crippen molar-refractivity contribution < 1.29 is 4.39 Å². The van der Waals surface area contributed by atoms with Crippen molar-refractivity contribution in [1.82, 2.24) is 5.32 Å². The Hall–Kier alpha value is -0.890. The molecule has 0 aromatic heterocycles. The maximum atomic E-state index is 13.4. The highest BCUT2D eigenvalue weighted by Crippen LogP contribution is 2.23. The molecule has 0 spiro atoms. The van der Waals surface area contributed by atoms with Gasteiger partial charge >= 0.3 is 0 Å². The molecule has 0 aliphatic rings. The topological polar surface area (TPSA) is 12.0 Å². The highest BCUT2D eigenvalue weighted by molar-refractivity contribution is 5.21. The van der Waals surface area contributed by atoms with Crippen LogP contribution in [0.3, 0.4) is 0 Å². The molecule has 0 saturated carbocycles. The van der Waals surface area contributed by atoms with Crippen LogP contribution in [0, 0.1) is 5.82 Å². The molecule has 0 fully saturated rings. The molecule has 0 saturated heterocycles. The first kappa shape index (κ1) is 16.2. The number of benzene rings is 1. The molecule has 1 atom stereocenters. The first-order chi connectivity index (χ1) is 8.92. The smallest absolute Gasteiger partial charge is 0.123 e. The van der Waals surface area contributed by atoms with Crippen LogP contribution < -0.4 is 5.32 Å². The Morgan fingerprint density at radius 2 is 1.95 bits per heavy atom. The Bertz CT molecular complexity index is 368. The molecule has 108 valence electrons. The molecule has 0 bridgehead atoms. The quantitative estimate of drug-likeness (QED) is 0.693. The number of nitrogens with one attached hydrogen (secondary N) is 1. The summed E-state index contributed by atoms with van der Waals surface area (Å²) in [5.74, 6) is 0.273. The van der Waals surface area contributed by atoms with Gasteiger partial charge in [0.2, 0.25) is 0 Å². The molecule has 1 aromatic rings. The molecule has 0 aliphatic carbocycles. The third-order valence-electron chi connectivity index (χ3n) is 3.36. The average Bonchev–Trinajstić information content (AvgIpc) is 2.32. The maximum absolute atomic E-state index is 13.4. The SMILES string of the molecule is CCCCCC(CNC(C)(C)C)c1cccc(F)c1. The Labute approximate surface area is 117 Å². The summed E-state index contributed by atoms with van der Waals surface area (Å²) in [4.78, 5) is 0. The van der Waals surface area contributed by atoms with Gasteiger partial charge in [-0.3, -0.25) is 0 Å². The summed E-state index contributed by atoms with van der Waals surface area (Å²) in [5, 5.41) is 3.54. The van der Waals surface area contributed by atoms with Crippen LogP contribution >= 0.6 is 0 Å². The summed E-state index contributed by atoms with van der Waals surface area (Å²) >= 11 is 0. The van der Waals surface area contributed by atoms with Crippen LogP contribution in [0.4, 0.5) is 4.39 Å². The lowest BCUT2D eigenvalue weighted by Gasteiger charge is -2.25. The van der Waals surface area contributed by atoms with E-state index in [1.807, 2.05) is 12.1 Å². The van der Waals surface area contributed by atoms with Gasteiger partial charge in [0.15, 0.2) is 0 Å². The molecule has 1 aromatic carbocycles. The first-order valence-electron chi connectivity index (χ1n) is 7.43. The molecule has 1 rings (SSSR count). The van der Waals surface area contributed by atoms with Gasteiger partial charge in [-0.1, -0.05) is 38.3 Å². The van der Waals surface area contributed by atoms with E-state index in [0.29, 0.717) is 5.92 Å². The van der Waals surface area contributed by atoms with Crippen LogP contribution in [0.5, 0.6) is 0 Å². The van der Waals surface area contributed by atoms with Crippen LogP contribution in [0.25, 0.3) is 0 Å². The summed E-state index contributed by atoms with van der Waals surface area (Å²) < 4.78 is 13.4. The number of rotatable bonds is 7. The fourth-order valence-corrected chi connectivity index (χ4v) is 2.22. The summed E-state index contributed by atoms with van der Waals surface area (Å²) in [6.45, 7) is 9.63. The third-order valence-corrected chi connectivity index (χ3v) is 3.36. The first-order valence-corrected chi connectivity index (χ1v) is 7.43. The Morgan fingerprint density at radius 1 is 1.21 bits per heavy atom. The minimum atomic E-state index is -0.131. The van der Waals surface area contributed by atoms with Gasteiger partial charge in [0.25, 0.3) is 0 Å². The number of halogens is 1. The molecular formula is C17H28FN. The summed E-state index contributed by atoms with van der Waals surface area (Å²) in [6.07, 6.45) is 4.81. The molecule has 1 unspecified atom stereocenters. The highest BCUT2D eigenvalue weighted by atomic mass is 19.1. The van der Waals surface area contributed by atoms with Gasteiger partial charge in [0.05, 0.1) is 0 Å². The second-order valence-electron chi connectivity index (χ2n) is 6.38. The zero-order chi connectivity index (χ0) is 14.3. The number of hydrogen-bond donors (Lipinski definition) is 1. The van der Waals surface area contributed by atoms with Crippen LogP contribution in [-0.2, 0) is 0 Å². The molecule has 0 radical (unpaired) electrons. The van der Waals surface area contributed by atoms with E-state index in [9.17, 15) is 4.39 Å². The van der Waals surface area contributed by atoms with E-state index in [1.54, 1.807) is 6.07 Å². The molecule has 0 amide bonds. The van der Waals surface area contributed by atoms with Crippen molar-refractivity contribution in [1.29, 1.82) is 0 Å². The fourth-order valence-electron chi connectivity index (χ4n) is 2.22. The molecule has 19 heavy (non-hydrogen) atoms. The lowest BCUT2D eigenvalue weighted by molar-refractivity contribution is 0.394. The Balaban J connectivity index is 2.68. The van der Waals surface area contributed by atoms with E-state index in [0.717, 1.165) is 18.5 Å². The third kappa shape index (κ3) is 6.72. The fraction of sp³-hybridized carbons (Fsp3) is 0.647. The molecule has 1 N–H and O–H groups in total. The van der Waals surface area contributed by atoms with E-state index >= 15 is 0 Å². The summed E-state index contributed by atoms with van der Waals surface area (Å²) in [7, 11) is 0. The molecule has 2 heteroatoms. The Kier molecular flexibility index (Phi) is 6.50. The largest absolute Gasteiger partial charge is 0.311 e. The lowest BCUT2D eigenvalue weighted by atomic mass is 9.92. The minimum Gasteiger partial charge on any atom is -0.311 e. The summed E-state index contributed by atoms with van der Waals surface area (Å²) in [5.41, 5.74) is 1.23. The number of unbranched alkanes of at least 4 members (excludes halogenated alkanes) is 2. The van der Waals surface area contributed by atoms with Crippen molar-refractivity contribution in [3.05, 3.63) is 35.6 Å². The van der Waals surface area contributed by atoms with Crippen molar-refractivity contribution >= 4 is 0 Å². The van der Waals surface area contributed by atoms with Gasteiger partial charge in [-0.15, -0.1) is 0 Å². The lowest BCUT2D eigenvalue weighted by Crippen LogP contribution is -2.38. The van der Waals surface area contributed by atoms with Crippen molar-refractivity contribution in [2.45, 2.75) is 64.8 Å². The standard InChI is InChI=1S/C17H28FN/c1-5-6-7-9-15(13-19-17(2,3)4)14-10-8-11-16(18)12-14/h8,10-12,15,19H,5-7,9,13H2,1-4H3. The van der Waals surface area contributed by atoms with Gasteiger partial charge in [-0.25, -0.2) is 4.39 Å².